The predicted molar refractivity (Wildman–Crippen MR) is 125 cm³/mol. The Kier molecular flexibility index (Phi) is 7.81. The van der Waals surface area contributed by atoms with E-state index in [0.29, 0.717) is 9.87 Å². The highest BCUT2D eigenvalue weighted by atomic mass is 32.2. The van der Waals surface area contributed by atoms with E-state index >= 15 is 0 Å². The highest BCUT2D eigenvalue weighted by Crippen LogP contribution is 2.44. The van der Waals surface area contributed by atoms with Gasteiger partial charge >= 0.3 is 12.1 Å². The maximum Gasteiger partial charge on any atom is 0.428 e. The van der Waals surface area contributed by atoms with E-state index in [0.717, 1.165) is 32.4 Å². The lowest BCUT2D eigenvalue weighted by atomic mass is 9.85. The number of rotatable bonds is 6. The quantitative estimate of drug-likeness (QED) is 0.588. The van der Waals surface area contributed by atoms with Gasteiger partial charge < -0.3 is 19.3 Å². The Morgan fingerprint density at radius 1 is 1.20 bits per heavy atom. The summed E-state index contributed by atoms with van der Waals surface area (Å²) in [4.78, 5) is 25.3. The van der Waals surface area contributed by atoms with Gasteiger partial charge in [0.05, 0.1) is 38.0 Å². The standard InChI is InChI=1S/C24H26FNO8S/c1-14-13-34-22-18(15(14)2)8-9-19(21(22)23(28)32-3)26(24(29)33-4)35(30,31)20-10-7-17(25)12-16(20)6-5-11-27/h5-10,12,14-15,27H,11,13H2,1-4H3/b6-5-. The first-order valence-corrected chi connectivity index (χ1v) is 12.1. The minimum absolute atomic E-state index is 0.0216. The number of hydrogen-bond acceptors (Lipinski definition) is 8. The fourth-order valence-corrected chi connectivity index (χ4v) is 5.35. The molecule has 1 heterocycles. The molecule has 2 atom stereocenters. The molecule has 2 aromatic rings. The van der Waals surface area contributed by atoms with Crippen LogP contribution in [0, 0.1) is 11.7 Å². The molecule has 3 rings (SSSR count). The summed E-state index contributed by atoms with van der Waals surface area (Å²) in [6, 6.07) is 5.73. The van der Waals surface area contributed by atoms with Gasteiger partial charge in [0, 0.05) is 0 Å². The molecule has 35 heavy (non-hydrogen) atoms. The lowest BCUT2D eigenvalue weighted by molar-refractivity contribution is 0.0594. The van der Waals surface area contributed by atoms with Crippen LogP contribution in [0.3, 0.4) is 0 Å². The molecule has 11 heteroatoms. The molecule has 1 aliphatic heterocycles. The number of aliphatic hydroxyl groups is 1. The molecule has 0 fully saturated rings. The van der Waals surface area contributed by atoms with Crippen LogP contribution in [0.4, 0.5) is 14.9 Å². The highest BCUT2D eigenvalue weighted by Gasteiger charge is 2.39. The van der Waals surface area contributed by atoms with Crippen molar-refractivity contribution >= 4 is 33.8 Å². The molecule has 0 bridgehead atoms. The van der Waals surface area contributed by atoms with E-state index in [1.54, 1.807) is 6.07 Å². The number of ether oxygens (including phenoxy) is 3. The first kappa shape index (κ1) is 26.2. The van der Waals surface area contributed by atoms with Gasteiger partial charge in [-0.3, -0.25) is 0 Å². The molecule has 1 amide bonds. The third kappa shape index (κ3) is 4.87. The van der Waals surface area contributed by atoms with Crippen LogP contribution in [0.5, 0.6) is 5.75 Å². The predicted octanol–water partition coefficient (Wildman–Crippen LogP) is 3.71. The number of esters is 1. The van der Waals surface area contributed by atoms with Gasteiger partial charge in [0.25, 0.3) is 10.0 Å². The third-order valence-corrected chi connectivity index (χ3v) is 7.60. The molecule has 0 radical (unpaired) electrons. The first-order chi connectivity index (χ1) is 16.6. The van der Waals surface area contributed by atoms with E-state index in [9.17, 15) is 22.4 Å². The Morgan fingerprint density at radius 2 is 1.91 bits per heavy atom. The maximum atomic E-state index is 13.9. The normalized spacial score (nSPS) is 17.4. The average Bonchev–Trinajstić information content (AvgIpc) is 2.84. The monoisotopic (exact) mass is 507 g/mol. The van der Waals surface area contributed by atoms with E-state index in [1.807, 2.05) is 13.8 Å². The number of fused-ring (bicyclic) bond motifs is 1. The Labute approximate surface area is 202 Å². The molecule has 0 aromatic heterocycles. The lowest BCUT2D eigenvalue weighted by Gasteiger charge is -2.32. The van der Waals surface area contributed by atoms with Crippen molar-refractivity contribution < 1.29 is 41.7 Å². The zero-order valence-electron chi connectivity index (χ0n) is 19.6. The van der Waals surface area contributed by atoms with Crippen LogP contribution < -0.4 is 9.04 Å². The molecule has 0 saturated carbocycles. The fourth-order valence-electron chi connectivity index (χ4n) is 3.81. The summed E-state index contributed by atoms with van der Waals surface area (Å²) in [7, 11) is -2.66. The van der Waals surface area contributed by atoms with E-state index in [-0.39, 0.29) is 41.0 Å². The van der Waals surface area contributed by atoms with Gasteiger partial charge in [-0.15, -0.1) is 0 Å². The maximum absolute atomic E-state index is 13.9. The van der Waals surface area contributed by atoms with Gasteiger partial charge in [-0.1, -0.05) is 32.1 Å². The smallest absolute Gasteiger partial charge is 0.428 e. The second-order valence-corrected chi connectivity index (χ2v) is 9.71. The second kappa shape index (κ2) is 10.4. The summed E-state index contributed by atoms with van der Waals surface area (Å²) in [5.74, 6) is -1.43. The Morgan fingerprint density at radius 3 is 2.54 bits per heavy atom. The molecule has 188 valence electrons. The Hall–Kier alpha value is -3.44. The number of methoxy groups -OCH3 is 2. The van der Waals surface area contributed by atoms with Crippen molar-refractivity contribution in [3.63, 3.8) is 0 Å². The summed E-state index contributed by atoms with van der Waals surface area (Å²) in [6.45, 7) is 3.75. The van der Waals surface area contributed by atoms with Crippen LogP contribution in [-0.4, -0.2) is 53.0 Å². The summed E-state index contributed by atoms with van der Waals surface area (Å²) >= 11 is 0. The number of nitrogens with zero attached hydrogens (tertiary/aromatic N) is 1. The third-order valence-electron chi connectivity index (χ3n) is 5.84. The number of anilines is 1. The van der Waals surface area contributed by atoms with E-state index in [4.69, 9.17) is 19.3 Å². The molecular formula is C24H26FNO8S. The molecule has 2 aromatic carbocycles. The van der Waals surface area contributed by atoms with E-state index < -0.39 is 39.4 Å². The number of aliphatic hydroxyl groups excluding tert-OH is 1. The molecule has 0 aliphatic carbocycles. The minimum atomic E-state index is -4.76. The van der Waals surface area contributed by atoms with Gasteiger partial charge in [0.15, 0.2) is 0 Å². The molecule has 1 aliphatic rings. The highest BCUT2D eigenvalue weighted by molar-refractivity contribution is 7.93. The second-order valence-electron chi connectivity index (χ2n) is 7.95. The van der Waals surface area contributed by atoms with Crippen LogP contribution in [0.1, 0.15) is 41.3 Å². The van der Waals surface area contributed by atoms with Crippen molar-refractivity contribution in [2.45, 2.75) is 24.7 Å². The van der Waals surface area contributed by atoms with Crippen LogP contribution in [0.25, 0.3) is 6.08 Å². The molecular weight excluding hydrogens is 481 g/mol. The molecule has 0 spiro atoms. The molecule has 2 unspecified atom stereocenters. The van der Waals surface area contributed by atoms with Crippen molar-refractivity contribution in [2.24, 2.45) is 5.92 Å². The Bertz CT molecular complexity index is 1270. The number of sulfonamides is 1. The van der Waals surface area contributed by atoms with Crippen molar-refractivity contribution in [1.82, 2.24) is 0 Å². The van der Waals surface area contributed by atoms with Crippen LogP contribution in [0.2, 0.25) is 0 Å². The number of hydrogen-bond donors (Lipinski definition) is 1. The minimum Gasteiger partial charge on any atom is -0.492 e. The van der Waals surface area contributed by atoms with Crippen molar-refractivity contribution in [2.75, 3.05) is 31.7 Å². The van der Waals surface area contributed by atoms with Crippen molar-refractivity contribution in [1.29, 1.82) is 0 Å². The zero-order valence-corrected chi connectivity index (χ0v) is 20.5. The fraction of sp³-hybridized carbons (Fsp3) is 0.333. The number of halogens is 1. The van der Waals surface area contributed by atoms with Crippen molar-refractivity contribution in [3.8, 4) is 5.75 Å². The number of amides is 1. The summed E-state index contributed by atoms with van der Waals surface area (Å²) in [5, 5.41) is 9.10. The molecule has 9 nitrogen and oxygen atoms in total. The molecule has 1 N–H and O–H groups in total. The van der Waals surface area contributed by atoms with Crippen LogP contribution in [-0.2, 0) is 19.5 Å². The van der Waals surface area contributed by atoms with Crippen LogP contribution >= 0.6 is 0 Å². The summed E-state index contributed by atoms with van der Waals surface area (Å²) in [5.41, 5.74) is -0.0643. The van der Waals surface area contributed by atoms with Crippen molar-refractivity contribution in [3.05, 3.63) is 58.9 Å². The van der Waals surface area contributed by atoms with Gasteiger partial charge in [0.2, 0.25) is 0 Å². The van der Waals surface area contributed by atoms with E-state index in [2.05, 4.69) is 0 Å². The Balaban J connectivity index is 2.33. The zero-order chi connectivity index (χ0) is 25.9. The number of carbonyl (C=O) groups excluding carboxylic acids is 2. The van der Waals surface area contributed by atoms with E-state index in [1.165, 1.54) is 18.2 Å². The van der Waals surface area contributed by atoms with Crippen LogP contribution in [0.15, 0.2) is 41.3 Å². The number of benzene rings is 2. The van der Waals surface area contributed by atoms with Gasteiger partial charge in [0.1, 0.15) is 17.1 Å². The number of carbonyl (C=O) groups is 2. The average molecular weight is 508 g/mol. The molecule has 0 saturated heterocycles. The first-order valence-electron chi connectivity index (χ1n) is 10.7. The summed E-state index contributed by atoms with van der Waals surface area (Å²) in [6.07, 6.45) is 1.10. The van der Waals surface area contributed by atoms with Gasteiger partial charge in [-0.05, 0) is 47.2 Å². The SMILES string of the molecule is COC(=O)c1c(N(C(=O)OC)S(=O)(=O)c2ccc(F)cc2/C=C\CO)ccc2c1OCC(C)C2C. The van der Waals surface area contributed by atoms with Gasteiger partial charge in [-0.2, -0.15) is 4.31 Å². The largest absolute Gasteiger partial charge is 0.492 e. The lowest BCUT2D eigenvalue weighted by Crippen LogP contribution is -2.39. The van der Waals surface area contributed by atoms with Gasteiger partial charge in [-0.25, -0.2) is 22.4 Å². The topological polar surface area (TPSA) is 119 Å². The summed E-state index contributed by atoms with van der Waals surface area (Å²) < 4.78 is 57.3.